The predicted octanol–water partition coefficient (Wildman–Crippen LogP) is 2.23. The van der Waals surface area contributed by atoms with E-state index >= 15 is 0 Å². The summed E-state index contributed by atoms with van der Waals surface area (Å²) in [6.07, 6.45) is 5.91. The number of nitrogens with zero attached hydrogens (tertiary/aromatic N) is 2. The monoisotopic (exact) mass is 186 g/mol. The van der Waals surface area contributed by atoms with Crippen LogP contribution in [0.4, 0.5) is 0 Å². The number of aromatic nitrogens is 2. The molecule has 0 aliphatic heterocycles. The van der Waals surface area contributed by atoms with Gasteiger partial charge in [-0.25, -0.2) is 4.98 Å². The van der Waals surface area contributed by atoms with Crippen LogP contribution in [-0.2, 0) is 13.5 Å². The molecule has 0 aliphatic carbocycles. The van der Waals surface area contributed by atoms with Crippen LogP contribution in [-0.4, -0.2) is 15.4 Å². The quantitative estimate of drug-likeness (QED) is 0.660. The lowest BCUT2D eigenvalue weighted by Crippen LogP contribution is -2.09. The zero-order valence-corrected chi connectivity index (χ0v) is 8.38. The van der Waals surface area contributed by atoms with E-state index in [1.165, 1.54) is 0 Å². The summed E-state index contributed by atoms with van der Waals surface area (Å²) in [6.45, 7) is 2.16. The number of aryl methyl sites for hydroxylation is 1. The minimum absolute atomic E-state index is 0.563. The Balaban J connectivity index is 2.56. The summed E-state index contributed by atoms with van der Waals surface area (Å²) in [5.41, 5.74) is 0. The molecule has 1 atom stereocenters. The Labute approximate surface area is 78.6 Å². The molecule has 2 nitrogen and oxygen atoms in total. The van der Waals surface area contributed by atoms with Crippen molar-refractivity contribution in [2.24, 2.45) is 13.0 Å². The van der Waals surface area contributed by atoms with Crippen molar-refractivity contribution in [3.63, 3.8) is 0 Å². The Morgan fingerprint density at radius 2 is 2.42 bits per heavy atom. The van der Waals surface area contributed by atoms with E-state index in [2.05, 4.69) is 16.5 Å². The third kappa shape index (κ3) is 2.24. The molecule has 1 heterocycles. The van der Waals surface area contributed by atoms with Crippen molar-refractivity contribution in [3.05, 3.63) is 18.2 Å². The lowest BCUT2D eigenvalue weighted by Gasteiger charge is -2.09. The SMILES string of the molecule is CCC(CCl)Cc1nccn1C. The number of alkyl halides is 1. The fraction of sp³-hybridized carbons (Fsp3) is 0.667. The maximum Gasteiger partial charge on any atom is 0.108 e. The van der Waals surface area contributed by atoms with Crippen LogP contribution in [0.5, 0.6) is 0 Å². The van der Waals surface area contributed by atoms with Crippen molar-refractivity contribution in [2.75, 3.05) is 5.88 Å². The molecular formula is C9H15ClN2. The second kappa shape index (κ2) is 4.51. The van der Waals surface area contributed by atoms with Crippen molar-refractivity contribution in [1.29, 1.82) is 0 Å². The van der Waals surface area contributed by atoms with Gasteiger partial charge in [0.1, 0.15) is 5.82 Å². The van der Waals surface area contributed by atoms with Crippen LogP contribution in [0.1, 0.15) is 19.2 Å². The molecule has 0 spiro atoms. The maximum atomic E-state index is 5.80. The Kier molecular flexibility index (Phi) is 3.60. The lowest BCUT2D eigenvalue weighted by atomic mass is 10.0. The van der Waals surface area contributed by atoms with Crippen LogP contribution in [0, 0.1) is 5.92 Å². The van der Waals surface area contributed by atoms with Gasteiger partial charge in [0, 0.05) is 31.7 Å². The predicted molar refractivity (Wildman–Crippen MR) is 51.4 cm³/mol. The van der Waals surface area contributed by atoms with Crippen molar-refractivity contribution >= 4 is 11.6 Å². The topological polar surface area (TPSA) is 17.8 Å². The Morgan fingerprint density at radius 3 is 2.83 bits per heavy atom. The molecule has 0 bridgehead atoms. The van der Waals surface area contributed by atoms with E-state index < -0.39 is 0 Å². The van der Waals surface area contributed by atoms with Crippen LogP contribution in [0.25, 0.3) is 0 Å². The summed E-state index contributed by atoms with van der Waals surface area (Å²) in [6, 6.07) is 0. The van der Waals surface area contributed by atoms with Crippen molar-refractivity contribution in [1.82, 2.24) is 9.55 Å². The summed E-state index contributed by atoms with van der Waals surface area (Å²) in [5, 5.41) is 0. The van der Waals surface area contributed by atoms with E-state index in [0.717, 1.165) is 24.5 Å². The summed E-state index contributed by atoms with van der Waals surface area (Å²) in [5.74, 6) is 2.42. The molecule has 0 fully saturated rings. The smallest absolute Gasteiger partial charge is 0.108 e. The van der Waals surface area contributed by atoms with Crippen LogP contribution in [0.15, 0.2) is 12.4 Å². The van der Waals surface area contributed by atoms with Crippen LogP contribution in [0.2, 0.25) is 0 Å². The molecule has 1 aromatic rings. The first-order chi connectivity index (χ1) is 5.77. The molecule has 12 heavy (non-hydrogen) atoms. The fourth-order valence-corrected chi connectivity index (χ4v) is 1.49. The van der Waals surface area contributed by atoms with Gasteiger partial charge in [-0.05, 0) is 5.92 Å². The standard InChI is InChI=1S/C9H15ClN2/c1-3-8(7-10)6-9-11-4-5-12(9)2/h4-5,8H,3,6-7H2,1-2H3. The average Bonchev–Trinajstić information content (AvgIpc) is 2.47. The first-order valence-electron chi connectivity index (χ1n) is 4.30. The highest BCUT2D eigenvalue weighted by Gasteiger charge is 2.08. The number of imidazole rings is 1. The third-order valence-electron chi connectivity index (χ3n) is 2.19. The van der Waals surface area contributed by atoms with E-state index in [9.17, 15) is 0 Å². The van der Waals surface area contributed by atoms with E-state index in [0.29, 0.717) is 5.92 Å². The minimum Gasteiger partial charge on any atom is -0.338 e. The molecule has 1 unspecified atom stereocenters. The molecular weight excluding hydrogens is 172 g/mol. The molecule has 0 N–H and O–H groups in total. The largest absolute Gasteiger partial charge is 0.338 e. The summed E-state index contributed by atoms with van der Waals surface area (Å²) in [4.78, 5) is 4.26. The second-order valence-corrected chi connectivity index (χ2v) is 3.40. The third-order valence-corrected chi connectivity index (χ3v) is 2.62. The molecule has 0 amide bonds. The van der Waals surface area contributed by atoms with Gasteiger partial charge < -0.3 is 4.57 Å². The zero-order chi connectivity index (χ0) is 8.97. The van der Waals surface area contributed by atoms with Gasteiger partial charge in [-0.2, -0.15) is 0 Å². The molecule has 68 valence electrons. The van der Waals surface area contributed by atoms with E-state index in [-0.39, 0.29) is 0 Å². The van der Waals surface area contributed by atoms with Crippen molar-refractivity contribution < 1.29 is 0 Å². The summed E-state index contributed by atoms with van der Waals surface area (Å²) < 4.78 is 2.05. The molecule has 0 saturated carbocycles. The molecule has 3 heteroatoms. The molecule has 0 aliphatic rings. The van der Waals surface area contributed by atoms with Crippen LogP contribution < -0.4 is 0 Å². The van der Waals surface area contributed by atoms with Gasteiger partial charge >= 0.3 is 0 Å². The Hall–Kier alpha value is -0.500. The molecule has 0 saturated heterocycles. The van der Waals surface area contributed by atoms with Crippen molar-refractivity contribution in [3.8, 4) is 0 Å². The van der Waals surface area contributed by atoms with E-state index in [4.69, 9.17) is 11.6 Å². The van der Waals surface area contributed by atoms with Gasteiger partial charge in [0.2, 0.25) is 0 Å². The summed E-state index contributed by atoms with van der Waals surface area (Å²) in [7, 11) is 2.02. The van der Waals surface area contributed by atoms with Gasteiger partial charge in [-0.3, -0.25) is 0 Å². The Morgan fingerprint density at radius 1 is 1.67 bits per heavy atom. The Bertz CT molecular complexity index is 228. The highest BCUT2D eigenvalue weighted by molar-refractivity contribution is 6.18. The van der Waals surface area contributed by atoms with E-state index in [1.54, 1.807) is 0 Å². The van der Waals surface area contributed by atoms with Gasteiger partial charge in [-0.15, -0.1) is 11.6 Å². The highest BCUT2D eigenvalue weighted by Crippen LogP contribution is 2.11. The van der Waals surface area contributed by atoms with Gasteiger partial charge in [0.15, 0.2) is 0 Å². The number of hydrogen-bond donors (Lipinski definition) is 0. The van der Waals surface area contributed by atoms with E-state index in [1.807, 2.05) is 19.4 Å². The normalized spacial score (nSPS) is 13.2. The molecule has 0 aromatic carbocycles. The summed E-state index contributed by atoms with van der Waals surface area (Å²) >= 11 is 5.80. The number of halogens is 1. The minimum atomic E-state index is 0.563. The van der Waals surface area contributed by atoms with Gasteiger partial charge in [0.25, 0.3) is 0 Å². The highest BCUT2D eigenvalue weighted by atomic mass is 35.5. The van der Waals surface area contributed by atoms with Gasteiger partial charge in [-0.1, -0.05) is 13.3 Å². The number of hydrogen-bond acceptors (Lipinski definition) is 1. The first-order valence-corrected chi connectivity index (χ1v) is 4.83. The van der Waals surface area contributed by atoms with Crippen LogP contribution >= 0.6 is 11.6 Å². The average molecular weight is 187 g/mol. The second-order valence-electron chi connectivity index (χ2n) is 3.09. The maximum absolute atomic E-state index is 5.80. The first kappa shape index (κ1) is 9.59. The zero-order valence-electron chi connectivity index (χ0n) is 7.63. The number of rotatable bonds is 4. The van der Waals surface area contributed by atoms with Gasteiger partial charge in [0.05, 0.1) is 0 Å². The molecule has 1 rings (SSSR count). The molecule has 0 radical (unpaired) electrons. The van der Waals surface area contributed by atoms with Crippen molar-refractivity contribution in [2.45, 2.75) is 19.8 Å². The van der Waals surface area contributed by atoms with Crippen LogP contribution in [0.3, 0.4) is 0 Å². The molecule has 1 aromatic heterocycles. The fourth-order valence-electron chi connectivity index (χ4n) is 1.16. The lowest BCUT2D eigenvalue weighted by molar-refractivity contribution is 0.539.